The molecule has 1 atom stereocenters. The van der Waals surface area contributed by atoms with E-state index in [1.165, 1.54) is 12.8 Å². The number of benzene rings is 2. The van der Waals surface area contributed by atoms with Crippen LogP contribution >= 0.6 is 0 Å². The van der Waals surface area contributed by atoms with Gasteiger partial charge >= 0.3 is 0 Å². The van der Waals surface area contributed by atoms with Gasteiger partial charge in [0.05, 0.1) is 19.8 Å². The van der Waals surface area contributed by atoms with Crippen molar-refractivity contribution in [2.24, 2.45) is 5.92 Å². The van der Waals surface area contributed by atoms with Crippen molar-refractivity contribution in [3.63, 3.8) is 0 Å². The Balaban J connectivity index is 1.46. The van der Waals surface area contributed by atoms with Crippen LogP contribution in [0.5, 0.6) is 11.5 Å². The smallest absolute Gasteiger partial charge is 0.252 e. The van der Waals surface area contributed by atoms with E-state index in [0.717, 1.165) is 66.7 Å². The van der Waals surface area contributed by atoms with Gasteiger partial charge in [0.25, 0.3) is 5.91 Å². The molecule has 0 aromatic heterocycles. The van der Waals surface area contributed by atoms with E-state index in [4.69, 9.17) is 9.47 Å². The molecule has 1 amide bonds. The third-order valence-electron chi connectivity index (χ3n) is 6.54. The van der Waals surface area contributed by atoms with E-state index in [1.807, 2.05) is 44.2 Å². The Morgan fingerprint density at radius 2 is 1.84 bits per heavy atom. The van der Waals surface area contributed by atoms with Gasteiger partial charge in [-0.3, -0.25) is 4.79 Å². The fourth-order valence-electron chi connectivity index (χ4n) is 4.04. The highest BCUT2D eigenvalue weighted by molar-refractivity contribution is 5.96. The minimum atomic E-state index is -0.150. The topological polar surface area (TPSA) is 54.0 Å². The highest BCUT2D eigenvalue weighted by Crippen LogP contribution is 2.34. The summed E-state index contributed by atoms with van der Waals surface area (Å²) in [6, 6.07) is 11.9. The minimum Gasteiger partial charge on any atom is -0.493 e. The highest BCUT2D eigenvalue weighted by atomic mass is 16.5. The lowest BCUT2D eigenvalue weighted by molar-refractivity contribution is 0.0939. The Bertz CT molecular complexity index is 949. The summed E-state index contributed by atoms with van der Waals surface area (Å²) in [6.45, 7) is 8.75. The summed E-state index contributed by atoms with van der Waals surface area (Å²) < 4.78 is 11.5. The first-order valence-corrected chi connectivity index (χ1v) is 11.6. The van der Waals surface area contributed by atoms with Gasteiger partial charge in [-0.05, 0) is 75.0 Å². The van der Waals surface area contributed by atoms with Gasteiger partial charge in [0.1, 0.15) is 0 Å². The first-order valence-electron chi connectivity index (χ1n) is 11.6. The second-order valence-electron chi connectivity index (χ2n) is 9.15. The van der Waals surface area contributed by atoms with Crippen LogP contribution in [0.15, 0.2) is 36.4 Å². The number of likely N-dealkylation sites (N-methyl/N-ethyl adjacent to an activating group) is 1. The zero-order valence-corrected chi connectivity index (χ0v) is 19.7. The van der Waals surface area contributed by atoms with E-state index in [9.17, 15) is 4.79 Å². The van der Waals surface area contributed by atoms with Gasteiger partial charge in [-0.2, -0.15) is 0 Å². The Hall–Kier alpha value is -2.73. The number of anilines is 1. The van der Waals surface area contributed by atoms with Gasteiger partial charge in [0.15, 0.2) is 11.5 Å². The summed E-state index contributed by atoms with van der Waals surface area (Å²) >= 11 is 0. The number of methoxy groups -OCH3 is 1. The first-order chi connectivity index (χ1) is 15.4. The Kier molecular flexibility index (Phi) is 6.89. The summed E-state index contributed by atoms with van der Waals surface area (Å²) in [5.41, 5.74) is 3.82. The molecule has 6 heteroatoms. The van der Waals surface area contributed by atoms with Gasteiger partial charge in [0, 0.05) is 37.4 Å². The maximum atomic E-state index is 13.2. The molecule has 1 saturated carbocycles. The summed E-state index contributed by atoms with van der Waals surface area (Å²) in [5.74, 6) is 2.08. The number of amides is 1. The Morgan fingerprint density at radius 3 is 2.53 bits per heavy atom. The van der Waals surface area contributed by atoms with Crippen molar-refractivity contribution in [1.82, 2.24) is 10.2 Å². The van der Waals surface area contributed by atoms with Crippen molar-refractivity contribution in [2.45, 2.75) is 32.7 Å². The van der Waals surface area contributed by atoms with Gasteiger partial charge in [0.2, 0.25) is 0 Å². The van der Waals surface area contributed by atoms with Crippen molar-refractivity contribution in [3.05, 3.63) is 53.1 Å². The third kappa shape index (κ3) is 5.36. The lowest BCUT2D eigenvalue weighted by Crippen LogP contribution is -2.44. The predicted molar refractivity (Wildman–Crippen MR) is 128 cm³/mol. The number of carbonyl (C=O) groups excluding carboxylic acids is 1. The molecular weight excluding hydrogens is 402 g/mol. The number of piperazine rings is 1. The SMILES string of the molecule is COc1ccc([C@@H](C)NC(=O)c2cc(N3CCN(C)CC3)ccc2C)cc1OCC1CC1. The highest BCUT2D eigenvalue weighted by Gasteiger charge is 2.23. The molecule has 0 unspecified atom stereocenters. The molecule has 2 aromatic carbocycles. The molecule has 2 aliphatic rings. The molecule has 6 nitrogen and oxygen atoms in total. The number of nitrogens with zero attached hydrogens (tertiary/aromatic N) is 2. The quantitative estimate of drug-likeness (QED) is 0.676. The molecule has 1 aliphatic heterocycles. The van der Waals surface area contributed by atoms with Gasteiger partial charge in [-0.15, -0.1) is 0 Å². The standard InChI is InChI=1S/C26H35N3O3/c1-18-5-9-22(29-13-11-28(3)12-14-29)16-23(18)26(30)27-19(2)21-8-10-24(31-4)25(15-21)32-17-20-6-7-20/h5,8-10,15-16,19-20H,6-7,11-14,17H2,1-4H3,(H,27,30)/t19-/m1/s1. The molecular formula is C26H35N3O3. The second kappa shape index (κ2) is 9.82. The average molecular weight is 438 g/mol. The molecule has 0 bridgehead atoms. The van der Waals surface area contributed by atoms with E-state index < -0.39 is 0 Å². The number of hydrogen-bond donors (Lipinski definition) is 1. The summed E-state index contributed by atoms with van der Waals surface area (Å²) in [5, 5.41) is 3.17. The number of hydrogen-bond acceptors (Lipinski definition) is 5. The molecule has 2 fully saturated rings. The van der Waals surface area contributed by atoms with Crippen LogP contribution in [0.1, 0.15) is 47.3 Å². The lowest BCUT2D eigenvalue weighted by atomic mass is 10.0. The van der Waals surface area contributed by atoms with E-state index in [1.54, 1.807) is 7.11 Å². The maximum absolute atomic E-state index is 13.2. The maximum Gasteiger partial charge on any atom is 0.252 e. The van der Waals surface area contributed by atoms with Crippen molar-refractivity contribution in [1.29, 1.82) is 0 Å². The monoisotopic (exact) mass is 437 g/mol. The van der Waals surface area contributed by atoms with Crippen LogP contribution in [0.4, 0.5) is 5.69 Å². The number of nitrogens with one attached hydrogen (secondary N) is 1. The molecule has 0 spiro atoms. The van der Waals surface area contributed by atoms with Crippen LogP contribution in [0, 0.1) is 12.8 Å². The van der Waals surface area contributed by atoms with Crippen LogP contribution < -0.4 is 19.7 Å². The Labute approximate surface area is 191 Å². The molecule has 1 aliphatic carbocycles. The predicted octanol–water partition coefficient (Wildman–Crippen LogP) is 4.04. The summed E-state index contributed by atoms with van der Waals surface area (Å²) in [7, 11) is 3.80. The van der Waals surface area contributed by atoms with Gasteiger partial charge < -0.3 is 24.6 Å². The third-order valence-corrected chi connectivity index (χ3v) is 6.54. The number of aryl methyl sites for hydroxylation is 1. The molecule has 1 saturated heterocycles. The first kappa shape index (κ1) is 22.5. The van der Waals surface area contributed by atoms with Crippen molar-refractivity contribution >= 4 is 11.6 Å². The molecule has 1 heterocycles. The molecule has 0 radical (unpaired) electrons. The normalized spacial score (nSPS) is 17.7. The van der Waals surface area contributed by atoms with Crippen molar-refractivity contribution in [3.8, 4) is 11.5 Å². The molecule has 4 rings (SSSR count). The van der Waals surface area contributed by atoms with E-state index in [2.05, 4.69) is 28.2 Å². The van der Waals surface area contributed by atoms with E-state index in [0.29, 0.717) is 5.92 Å². The number of rotatable bonds is 8. The fraction of sp³-hybridized carbons (Fsp3) is 0.500. The van der Waals surface area contributed by atoms with E-state index in [-0.39, 0.29) is 11.9 Å². The van der Waals surface area contributed by atoms with Crippen molar-refractivity contribution < 1.29 is 14.3 Å². The summed E-state index contributed by atoms with van der Waals surface area (Å²) in [4.78, 5) is 17.9. The van der Waals surface area contributed by atoms with E-state index >= 15 is 0 Å². The summed E-state index contributed by atoms with van der Waals surface area (Å²) in [6.07, 6.45) is 2.47. The molecule has 32 heavy (non-hydrogen) atoms. The number of ether oxygens (including phenoxy) is 2. The second-order valence-corrected chi connectivity index (χ2v) is 9.15. The molecule has 1 N–H and O–H groups in total. The molecule has 172 valence electrons. The zero-order chi connectivity index (χ0) is 22.7. The molecule has 2 aromatic rings. The Morgan fingerprint density at radius 1 is 1.09 bits per heavy atom. The van der Waals surface area contributed by atoms with Crippen LogP contribution in [-0.4, -0.2) is 57.8 Å². The fourth-order valence-corrected chi connectivity index (χ4v) is 4.04. The van der Waals surface area contributed by atoms with Crippen LogP contribution in [-0.2, 0) is 0 Å². The number of carbonyl (C=O) groups is 1. The average Bonchev–Trinajstić information content (AvgIpc) is 3.63. The zero-order valence-electron chi connectivity index (χ0n) is 19.7. The minimum absolute atomic E-state index is 0.0535. The van der Waals surface area contributed by atoms with Crippen LogP contribution in [0.25, 0.3) is 0 Å². The van der Waals surface area contributed by atoms with Crippen molar-refractivity contribution in [2.75, 3.05) is 51.8 Å². The van der Waals surface area contributed by atoms with Gasteiger partial charge in [-0.1, -0.05) is 12.1 Å². The van der Waals surface area contributed by atoms with Crippen LogP contribution in [0.2, 0.25) is 0 Å². The van der Waals surface area contributed by atoms with Gasteiger partial charge in [-0.25, -0.2) is 0 Å². The lowest BCUT2D eigenvalue weighted by Gasteiger charge is -2.34. The van der Waals surface area contributed by atoms with Crippen LogP contribution in [0.3, 0.4) is 0 Å². The largest absolute Gasteiger partial charge is 0.493 e.